The third-order valence-electron chi connectivity index (χ3n) is 5.35. The molecular weight excluding hydrogens is 288 g/mol. The molecule has 1 aromatic heterocycles. The van der Waals surface area contributed by atoms with Gasteiger partial charge in [-0.2, -0.15) is 0 Å². The molecular formula is C18H28N4O. The molecule has 2 fully saturated rings. The Morgan fingerprint density at radius 2 is 2.09 bits per heavy atom. The standard InChI is InChI=1S/C18H28N4O/c1-18(19)8-4-2-7-16(18)17(23)22-12-10-21(11-13-22)14-15-6-3-5-9-20-15/h3,5-6,9,16H,2,4,7-8,10-14,19H2,1H3. The van der Waals surface area contributed by atoms with Crippen LogP contribution in [0.4, 0.5) is 0 Å². The van der Waals surface area contributed by atoms with Gasteiger partial charge in [-0.1, -0.05) is 18.9 Å². The van der Waals surface area contributed by atoms with Crippen LogP contribution in [0.2, 0.25) is 0 Å². The molecule has 23 heavy (non-hydrogen) atoms. The van der Waals surface area contributed by atoms with Crippen molar-refractivity contribution < 1.29 is 4.79 Å². The van der Waals surface area contributed by atoms with E-state index in [2.05, 4.69) is 16.0 Å². The molecule has 1 aliphatic heterocycles. The van der Waals surface area contributed by atoms with Gasteiger partial charge < -0.3 is 10.6 Å². The minimum Gasteiger partial charge on any atom is -0.340 e. The van der Waals surface area contributed by atoms with E-state index in [0.717, 1.165) is 64.1 Å². The van der Waals surface area contributed by atoms with Gasteiger partial charge in [0.25, 0.3) is 0 Å². The second-order valence-corrected chi connectivity index (χ2v) is 7.23. The van der Waals surface area contributed by atoms with Crippen molar-refractivity contribution >= 4 is 5.91 Å². The van der Waals surface area contributed by atoms with Crippen LogP contribution in [-0.2, 0) is 11.3 Å². The second-order valence-electron chi connectivity index (χ2n) is 7.23. The summed E-state index contributed by atoms with van der Waals surface area (Å²) in [6, 6.07) is 6.01. The van der Waals surface area contributed by atoms with Crippen molar-refractivity contribution in [1.29, 1.82) is 0 Å². The number of carbonyl (C=O) groups is 1. The summed E-state index contributed by atoms with van der Waals surface area (Å²) in [6.45, 7) is 6.34. The number of amides is 1. The number of nitrogens with zero attached hydrogens (tertiary/aromatic N) is 3. The zero-order valence-electron chi connectivity index (χ0n) is 14.1. The largest absolute Gasteiger partial charge is 0.340 e. The zero-order valence-corrected chi connectivity index (χ0v) is 14.1. The maximum absolute atomic E-state index is 12.8. The Bertz CT molecular complexity index is 523. The number of carbonyl (C=O) groups excluding carboxylic acids is 1. The van der Waals surface area contributed by atoms with E-state index >= 15 is 0 Å². The molecule has 2 N–H and O–H groups in total. The van der Waals surface area contributed by atoms with Gasteiger partial charge in [0.1, 0.15) is 0 Å². The van der Waals surface area contributed by atoms with Crippen molar-refractivity contribution in [3.05, 3.63) is 30.1 Å². The molecule has 5 nitrogen and oxygen atoms in total. The fraction of sp³-hybridized carbons (Fsp3) is 0.667. The minimum atomic E-state index is -0.333. The summed E-state index contributed by atoms with van der Waals surface area (Å²) >= 11 is 0. The third-order valence-corrected chi connectivity index (χ3v) is 5.35. The number of piperazine rings is 1. The van der Waals surface area contributed by atoms with Crippen LogP contribution in [0.5, 0.6) is 0 Å². The summed E-state index contributed by atoms with van der Waals surface area (Å²) in [5.41, 5.74) is 7.15. The Hall–Kier alpha value is -1.46. The number of rotatable bonds is 3. The average Bonchev–Trinajstić information content (AvgIpc) is 2.55. The highest BCUT2D eigenvalue weighted by Crippen LogP contribution is 2.33. The number of hydrogen-bond donors (Lipinski definition) is 1. The quantitative estimate of drug-likeness (QED) is 0.921. The zero-order chi connectivity index (χ0) is 16.3. The number of pyridine rings is 1. The number of hydrogen-bond acceptors (Lipinski definition) is 4. The first-order valence-corrected chi connectivity index (χ1v) is 8.76. The molecule has 2 atom stereocenters. The van der Waals surface area contributed by atoms with Gasteiger partial charge in [-0.15, -0.1) is 0 Å². The molecule has 0 radical (unpaired) electrons. The second kappa shape index (κ2) is 6.97. The lowest BCUT2D eigenvalue weighted by atomic mass is 9.74. The van der Waals surface area contributed by atoms with Crippen LogP contribution < -0.4 is 5.73 Å². The minimum absolute atomic E-state index is 0.00131. The van der Waals surface area contributed by atoms with Crippen LogP contribution in [0.1, 0.15) is 38.3 Å². The highest BCUT2D eigenvalue weighted by atomic mass is 16.2. The first-order chi connectivity index (χ1) is 11.1. The molecule has 2 aliphatic rings. The van der Waals surface area contributed by atoms with Crippen molar-refractivity contribution in [2.75, 3.05) is 26.2 Å². The maximum atomic E-state index is 12.8. The smallest absolute Gasteiger partial charge is 0.227 e. The van der Waals surface area contributed by atoms with Crippen molar-refractivity contribution in [2.24, 2.45) is 11.7 Å². The lowest BCUT2D eigenvalue weighted by Crippen LogP contribution is -2.57. The monoisotopic (exact) mass is 316 g/mol. The fourth-order valence-corrected chi connectivity index (χ4v) is 3.83. The van der Waals surface area contributed by atoms with E-state index < -0.39 is 0 Å². The Kier molecular flexibility index (Phi) is 4.97. The molecule has 1 saturated heterocycles. The normalized spacial score (nSPS) is 29.5. The van der Waals surface area contributed by atoms with Crippen LogP contribution >= 0.6 is 0 Å². The number of aromatic nitrogens is 1. The molecule has 0 bridgehead atoms. The Balaban J connectivity index is 1.53. The van der Waals surface area contributed by atoms with E-state index in [0.29, 0.717) is 0 Å². The molecule has 0 aromatic carbocycles. The van der Waals surface area contributed by atoms with Crippen LogP contribution in [0, 0.1) is 5.92 Å². The summed E-state index contributed by atoms with van der Waals surface area (Å²) in [5, 5.41) is 0. The summed E-state index contributed by atoms with van der Waals surface area (Å²) in [7, 11) is 0. The van der Waals surface area contributed by atoms with E-state index in [-0.39, 0.29) is 17.4 Å². The molecule has 5 heteroatoms. The molecule has 2 unspecified atom stereocenters. The predicted octanol–water partition coefficient (Wildman–Crippen LogP) is 1.63. The van der Waals surface area contributed by atoms with E-state index in [4.69, 9.17) is 5.73 Å². The van der Waals surface area contributed by atoms with Crippen molar-refractivity contribution in [3.63, 3.8) is 0 Å². The topological polar surface area (TPSA) is 62.5 Å². The number of nitrogens with two attached hydrogens (primary N) is 1. The molecule has 1 aromatic rings. The van der Waals surface area contributed by atoms with Crippen molar-refractivity contribution in [1.82, 2.24) is 14.8 Å². The van der Waals surface area contributed by atoms with Gasteiger partial charge in [-0.3, -0.25) is 14.7 Å². The summed E-state index contributed by atoms with van der Waals surface area (Å²) < 4.78 is 0. The van der Waals surface area contributed by atoms with Crippen molar-refractivity contribution in [2.45, 2.75) is 44.7 Å². The predicted molar refractivity (Wildman–Crippen MR) is 90.6 cm³/mol. The Morgan fingerprint density at radius 1 is 1.30 bits per heavy atom. The molecule has 0 spiro atoms. The highest BCUT2D eigenvalue weighted by Gasteiger charge is 2.40. The van der Waals surface area contributed by atoms with Gasteiger partial charge in [-0.25, -0.2) is 0 Å². The van der Waals surface area contributed by atoms with Gasteiger partial charge in [0.15, 0.2) is 0 Å². The van der Waals surface area contributed by atoms with E-state index in [1.165, 1.54) is 0 Å². The molecule has 1 saturated carbocycles. The van der Waals surface area contributed by atoms with Gasteiger partial charge in [0, 0.05) is 44.5 Å². The molecule has 3 rings (SSSR count). The summed E-state index contributed by atoms with van der Waals surface area (Å²) in [5.74, 6) is 0.269. The average molecular weight is 316 g/mol. The molecule has 2 heterocycles. The van der Waals surface area contributed by atoms with Crippen LogP contribution in [0.25, 0.3) is 0 Å². The van der Waals surface area contributed by atoms with Gasteiger partial charge in [-0.05, 0) is 31.9 Å². The highest BCUT2D eigenvalue weighted by molar-refractivity contribution is 5.80. The molecule has 126 valence electrons. The summed E-state index contributed by atoms with van der Waals surface area (Å²) in [6.07, 6.45) is 6.01. The van der Waals surface area contributed by atoms with Gasteiger partial charge in [0.2, 0.25) is 5.91 Å². The van der Waals surface area contributed by atoms with Crippen molar-refractivity contribution in [3.8, 4) is 0 Å². The van der Waals surface area contributed by atoms with Gasteiger partial charge >= 0.3 is 0 Å². The maximum Gasteiger partial charge on any atom is 0.227 e. The van der Waals surface area contributed by atoms with Crippen LogP contribution in [0.15, 0.2) is 24.4 Å². The van der Waals surface area contributed by atoms with E-state index in [9.17, 15) is 4.79 Å². The Morgan fingerprint density at radius 3 is 2.74 bits per heavy atom. The fourth-order valence-electron chi connectivity index (χ4n) is 3.83. The lowest BCUT2D eigenvalue weighted by molar-refractivity contribution is -0.140. The first kappa shape index (κ1) is 16.4. The lowest BCUT2D eigenvalue weighted by Gasteiger charge is -2.42. The van der Waals surface area contributed by atoms with Crippen LogP contribution in [0.3, 0.4) is 0 Å². The Labute approximate surface area is 138 Å². The van der Waals surface area contributed by atoms with E-state index in [1.807, 2.05) is 30.2 Å². The van der Waals surface area contributed by atoms with Crippen LogP contribution in [-0.4, -0.2) is 52.4 Å². The SMILES string of the molecule is CC1(N)CCCCC1C(=O)N1CCN(Cc2ccccn2)CC1. The summed E-state index contributed by atoms with van der Waals surface area (Å²) in [4.78, 5) is 21.6. The molecule has 1 aliphatic carbocycles. The first-order valence-electron chi connectivity index (χ1n) is 8.76. The van der Waals surface area contributed by atoms with Gasteiger partial charge in [0.05, 0.1) is 11.6 Å². The third kappa shape index (κ3) is 3.90. The molecule has 1 amide bonds. The van der Waals surface area contributed by atoms with E-state index in [1.54, 1.807) is 0 Å².